The lowest BCUT2D eigenvalue weighted by molar-refractivity contribution is 0.103. The number of hydrogen-bond donors (Lipinski definition) is 0. The van der Waals surface area contributed by atoms with Crippen molar-refractivity contribution in [2.45, 2.75) is 6.61 Å². The lowest BCUT2D eigenvalue weighted by atomic mass is 10.0. The van der Waals surface area contributed by atoms with Gasteiger partial charge in [-0.25, -0.2) is 0 Å². The van der Waals surface area contributed by atoms with Gasteiger partial charge >= 0.3 is 0 Å². The van der Waals surface area contributed by atoms with E-state index in [9.17, 15) is 4.79 Å². The van der Waals surface area contributed by atoms with Crippen LogP contribution in [0.3, 0.4) is 0 Å². The van der Waals surface area contributed by atoms with Crippen LogP contribution in [0.2, 0.25) is 0 Å². The Hall–Kier alpha value is -3.07. The number of methoxy groups -OCH3 is 1. The Morgan fingerprint density at radius 2 is 1.54 bits per heavy atom. The fourth-order valence-corrected chi connectivity index (χ4v) is 2.39. The maximum absolute atomic E-state index is 12.6. The minimum Gasteiger partial charge on any atom is -0.497 e. The molecule has 3 aromatic carbocycles. The third-order valence-corrected chi connectivity index (χ3v) is 3.69. The molecule has 0 atom stereocenters. The van der Waals surface area contributed by atoms with Crippen LogP contribution in [0.25, 0.3) is 0 Å². The molecule has 0 aliphatic heterocycles. The summed E-state index contributed by atoms with van der Waals surface area (Å²) in [7, 11) is 1.60. The topological polar surface area (TPSA) is 35.5 Å². The van der Waals surface area contributed by atoms with Gasteiger partial charge in [-0.1, -0.05) is 36.4 Å². The largest absolute Gasteiger partial charge is 0.497 e. The van der Waals surface area contributed by atoms with Crippen molar-refractivity contribution in [1.82, 2.24) is 0 Å². The molecule has 0 heterocycles. The molecular weight excluding hydrogens is 300 g/mol. The van der Waals surface area contributed by atoms with E-state index < -0.39 is 0 Å². The lowest BCUT2D eigenvalue weighted by Gasteiger charge is -2.08. The summed E-state index contributed by atoms with van der Waals surface area (Å²) in [6.45, 7) is 0.424. The average molecular weight is 318 g/mol. The Morgan fingerprint density at radius 3 is 2.25 bits per heavy atom. The molecule has 0 aromatic heterocycles. The van der Waals surface area contributed by atoms with Gasteiger partial charge in [0.05, 0.1) is 7.11 Å². The number of ketones is 1. The fourth-order valence-electron chi connectivity index (χ4n) is 2.39. The van der Waals surface area contributed by atoms with Crippen LogP contribution in [0.5, 0.6) is 11.5 Å². The first-order chi connectivity index (χ1) is 11.8. The standard InChI is InChI=1S/C21H18O3/c1-23-19-12-10-17(11-13-19)21(22)18-7-5-6-16(14-18)15-24-20-8-3-2-4-9-20/h2-14H,15H2,1H3. The summed E-state index contributed by atoms with van der Waals surface area (Å²) in [5, 5.41) is 0. The van der Waals surface area contributed by atoms with Gasteiger partial charge in [-0.05, 0) is 48.0 Å². The van der Waals surface area contributed by atoms with Crippen molar-refractivity contribution >= 4 is 5.78 Å². The monoisotopic (exact) mass is 318 g/mol. The van der Waals surface area contributed by atoms with Crippen LogP contribution < -0.4 is 9.47 Å². The van der Waals surface area contributed by atoms with Crippen LogP contribution in [0.1, 0.15) is 21.5 Å². The molecule has 3 heteroatoms. The molecule has 3 aromatic rings. The molecule has 0 fully saturated rings. The first-order valence-electron chi connectivity index (χ1n) is 7.72. The molecule has 0 N–H and O–H groups in total. The third kappa shape index (κ3) is 3.82. The molecule has 3 nitrogen and oxygen atoms in total. The SMILES string of the molecule is COc1ccc(C(=O)c2cccc(COc3ccccc3)c2)cc1. The van der Waals surface area contributed by atoms with Crippen LogP contribution in [0.15, 0.2) is 78.9 Å². The number of carbonyl (C=O) groups is 1. The van der Waals surface area contributed by atoms with E-state index in [2.05, 4.69) is 0 Å². The molecule has 120 valence electrons. The predicted octanol–water partition coefficient (Wildman–Crippen LogP) is 4.51. The predicted molar refractivity (Wildman–Crippen MR) is 93.6 cm³/mol. The van der Waals surface area contributed by atoms with Crippen LogP contribution in [-0.4, -0.2) is 12.9 Å². The van der Waals surface area contributed by atoms with E-state index in [1.54, 1.807) is 31.4 Å². The molecule has 0 spiro atoms. The second kappa shape index (κ2) is 7.47. The van der Waals surface area contributed by atoms with E-state index >= 15 is 0 Å². The normalized spacial score (nSPS) is 10.2. The molecule has 0 aliphatic rings. The summed E-state index contributed by atoms with van der Waals surface area (Å²) in [6, 6.07) is 24.3. The maximum Gasteiger partial charge on any atom is 0.193 e. The van der Waals surface area contributed by atoms with E-state index in [0.717, 1.165) is 17.1 Å². The molecule has 0 aliphatic carbocycles. The van der Waals surface area contributed by atoms with Crippen molar-refractivity contribution in [2.24, 2.45) is 0 Å². The maximum atomic E-state index is 12.6. The van der Waals surface area contributed by atoms with E-state index in [0.29, 0.717) is 17.7 Å². The molecule has 0 radical (unpaired) electrons. The van der Waals surface area contributed by atoms with Gasteiger partial charge in [0.25, 0.3) is 0 Å². The molecule has 24 heavy (non-hydrogen) atoms. The second-order valence-electron chi connectivity index (χ2n) is 5.36. The van der Waals surface area contributed by atoms with Crippen molar-refractivity contribution in [3.8, 4) is 11.5 Å². The van der Waals surface area contributed by atoms with Crippen molar-refractivity contribution in [2.75, 3.05) is 7.11 Å². The molecule has 0 amide bonds. The number of para-hydroxylation sites is 1. The van der Waals surface area contributed by atoms with Crippen LogP contribution in [0.4, 0.5) is 0 Å². The Bertz CT molecular complexity index is 808. The number of carbonyl (C=O) groups excluding carboxylic acids is 1. The first-order valence-corrected chi connectivity index (χ1v) is 7.72. The quantitative estimate of drug-likeness (QED) is 0.628. The molecule has 0 bridgehead atoms. The Morgan fingerprint density at radius 1 is 0.792 bits per heavy atom. The number of benzene rings is 3. The Labute approximate surface area is 141 Å². The zero-order chi connectivity index (χ0) is 16.8. The van der Waals surface area contributed by atoms with Crippen molar-refractivity contribution in [3.63, 3.8) is 0 Å². The van der Waals surface area contributed by atoms with Crippen LogP contribution in [-0.2, 0) is 6.61 Å². The first kappa shape index (κ1) is 15.8. The summed E-state index contributed by atoms with van der Waals surface area (Å²) in [5.41, 5.74) is 2.24. The zero-order valence-electron chi connectivity index (χ0n) is 13.4. The summed E-state index contributed by atoms with van der Waals surface area (Å²) in [6.07, 6.45) is 0. The van der Waals surface area contributed by atoms with E-state index in [4.69, 9.17) is 9.47 Å². The van der Waals surface area contributed by atoms with Gasteiger partial charge in [-0.3, -0.25) is 4.79 Å². The van der Waals surface area contributed by atoms with Crippen molar-refractivity contribution < 1.29 is 14.3 Å². The van der Waals surface area contributed by atoms with Gasteiger partial charge in [0.2, 0.25) is 0 Å². The van der Waals surface area contributed by atoms with Gasteiger partial charge in [-0.2, -0.15) is 0 Å². The number of rotatable bonds is 6. The van der Waals surface area contributed by atoms with Gasteiger partial charge in [0.15, 0.2) is 5.78 Å². The van der Waals surface area contributed by atoms with E-state index in [1.807, 2.05) is 54.6 Å². The highest BCUT2D eigenvalue weighted by molar-refractivity contribution is 6.09. The van der Waals surface area contributed by atoms with E-state index in [1.165, 1.54) is 0 Å². The molecule has 0 unspecified atom stereocenters. The summed E-state index contributed by atoms with van der Waals surface area (Å²) >= 11 is 0. The second-order valence-corrected chi connectivity index (χ2v) is 5.36. The highest BCUT2D eigenvalue weighted by Crippen LogP contribution is 2.17. The number of ether oxygens (including phenoxy) is 2. The molecule has 0 saturated carbocycles. The molecule has 0 saturated heterocycles. The minimum atomic E-state index is -0.0146. The summed E-state index contributed by atoms with van der Waals surface area (Å²) in [5.74, 6) is 1.53. The third-order valence-electron chi connectivity index (χ3n) is 3.69. The fraction of sp³-hybridized carbons (Fsp3) is 0.0952. The highest BCUT2D eigenvalue weighted by Gasteiger charge is 2.10. The lowest BCUT2D eigenvalue weighted by Crippen LogP contribution is -2.03. The van der Waals surface area contributed by atoms with Gasteiger partial charge in [0, 0.05) is 11.1 Å². The minimum absolute atomic E-state index is 0.0146. The highest BCUT2D eigenvalue weighted by atomic mass is 16.5. The Balaban J connectivity index is 1.73. The van der Waals surface area contributed by atoms with E-state index in [-0.39, 0.29) is 5.78 Å². The smallest absolute Gasteiger partial charge is 0.193 e. The number of hydrogen-bond acceptors (Lipinski definition) is 3. The van der Waals surface area contributed by atoms with Crippen molar-refractivity contribution in [1.29, 1.82) is 0 Å². The molecular formula is C21H18O3. The van der Waals surface area contributed by atoms with Gasteiger partial charge in [0.1, 0.15) is 18.1 Å². The van der Waals surface area contributed by atoms with Gasteiger partial charge < -0.3 is 9.47 Å². The average Bonchev–Trinajstić information content (AvgIpc) is 2.67. The van der Waals surface area contributed by atoms with Crippen molar-refractivity contribution in [3.05, 3.63) is 95.6 Å². The summed E-state index contributed by atoms with van der Waals surface area (Å²) in [4.78, 5) is 12.6. The van der Waals surface area contributed by atoms with Crippen LogP contribution >= 0.6 is 0 Å². The molecule has 3 rings (SSSR count). The zero-order valence-corrected chi connectivity index (χ0v) is 13.4. The summed E-state index contributed by atoms with van der Waals surface area (Å²) < 4.78 is 10.9. The van der Waals surface area contributed by atoms with Crippen LogP contribution in [0, 0.1) is 0 Å². The van der Waals surface area contributed by atoms with Gasteiger partial charge in [-0.15, -0.1) is 0 Å². The Kier molecular flexibility index (Phi) is 4.92.